The Balaban J connectivity index is 2.06. The molecule has 50 valence electrons. The highest BCUT2D eigenvalue weighted by atomic mass is 16.1. The van der Waals surface area contributed by atoms with Gasteiger partial charge in [-0.3, -0.25) is 4.79 Å². The zero-order valence-electron chi connectivity index (χ0n) is 5.60. The Bertz CT molecular complexity index is 140. The summed E-state index contributed by atoms with van der Waals surface area (Å²) in [5, 5.41) is 0. The maximum atomic E-state index is 11.1. The molecule has 2 fully saturated rings. The second-order valence-corrected chi connectivity index (χ2v) is 3.30. The van der Waals surface area contributed by atoms with Gasteiger partial charge in [-0.25, -0.2) is 0 Å². The molecule has 0 aromatic heterocycles. The molecule has 0 bridgehead atoms. The van der Waals surface area contributed by atoms with Gasteiger partial charge in [-0.1, -0.05) is 0 Å². The lowest BCUT2D eigenvalue weighted by atomic mass is 9.65. The second-order valence-electron chi connectivity index (χ2n) is 3.30. The maximum Gasteiger partial charge on any atom is 0.136 e. The summed E-state index contributed by atoms with van der Waals surface area (Å²) in [7, 11) is 0. The molecule has 2 atom stereocenters. The second kappa shape index (κ2) is 1.83. The van der Waals surface area contributed by atoms with Gasteiger partial charge in [0.15, 0.2) is 0 Å². The van der Waals surface area contributed by atoms with Crippen LogP contribution in [0, 0.1) is 11.8 Å². The van der Waals surface area contributed by atoms with Gasteiger partial charge in [0.05, 0.1) is 0 Å². The van der Waals surface area contributed by atoms with Crippen molar-refractivity contribution in [1.29, 1.82) is 0 Å². The largest absolute Gasteiger partial charge is 0.299 e. The third-order valence-electron chi connectivity index (χ3n) is 2.83. The van der Waals surface area contributed by atoms with Crippen LogP contribution in [-0.2, 0) is 4.79 Å². The summed E-state index contributed by atoms with van der Waals surface area (Å²) < 4.78 is 0. The molecule has 0 radical (unpaired) electrons. The van der Waals surface area contributed by atoms with Crippen molar-refractivity contribution >= 4 is 5.78 Å². The Hall–Kier alpha value is -0.330. The van der Waals surface area contributed by atoms with E-state index in [1.807, 2.05) is 0 Å². The number of fused-ring (bicyclic) bond motifs is 1. The highest BCUT2D eigenvalue weighted by Crippen LogP contribution is 2.42. The van der Waals surface area contributed by atoms with E-state index in [9.17, 15) is 4.79 Å². The molecule has 0 heterocycles. The number of rotatable bonds is 0. The van der Waals surface area contributed by atoms with Crippen LogP contribution in [0.1, 0.15) is 32.1 Å². The first-order chi connectivity index (χ1) is 4.38. The molecule has 0 aromatic carbocycles. The average molecular weight is 124 g/mol. The number of hydrogen-bond donors (Lipinski definition) is 0. The van der Waals surface area contributed by atoms with Crippen molar-refractivity contribution in [3.05, 3.63) is 0 Å². The molecule has 0 unspecified atom stereocenters. The zero-order valence-corrected chi connectivity index (χ0v) is 5.60. The van der Waals surface area contributed by atoms with Gasteiger partial charge in [0.1, 0.15) is 5.78 Å². The minimum Gasteiger partial charge on any atom is -0.299 e. The summed E-state index contributed by atoms with van der Waals surface area (Å²) in [5.74, 6) is 1.88. The predicted octanol–water partition coefficient (Wildman–Crippen LogP) is 1.77. The quantitative estimate of drug-likeness (QED) is 0.481. The minimum absolute atomic E-state index is 0.513. The van der Waals surface area contributed by atoms with Crippen LogP contribution in [0.4, 0.5) is 0 Å². The summed E-state index contributed by atoms with van der Waals surface area (Å²) in [6.07, 6.45) is 5.90. The van der Waals surface area contributed by atoms with Gasteiger partial charge in [-0.15, -0.1) is 0 Å². The van der Waals surface area contributed by atoms with Gasteiger partial charge in [-0.2, -0.15) is 0 Å². The predicted molar refractivity (Wildman–Crippen MR) is 35.1 cm³/mol. The first kappa shape index (κ1) is 5.45. The molecule has 0 aliphatic heterocycles. The van der Waals surface area contributed by atoms with Crippen LogP contribution in [0.2, 0.25) is 0 Å². The lowest BCUT2D eigenvalue weighted by molar-refractivity contribution is -0.130. The van der Waals surface area contributed by atoms with Crippen molar-refractivity contribution in [2.75, 3.05) is 0 Å². The molecule has 0 amide bonds. The molecular formula is C8H12O. The number of ketones is 1. The van der Waals surface area contributed by atoms with Crippen molar-refractivity contribution in [2.24, 2.45) is 11.8 Å². The number of hydrogen-bond acceptors (Lipinski definition) is 1. The Morgan fingerprint density at radius 3 is 2.56 bits per heavy atom. The number of Topliss-reactive ketones (excluding diaryl/α,β-unsaturated/α-hetero) is 1. The molecular weight excluding hydrogens is 112 g/mol. The molecule has 2 aliphatic carbocycles. The Morgan fingerprint density at radius 1 is 1.22 bits per heavy atom. The monoisotopic (exact) mass is 124 g/mol. The van der Waals surface area contributed by atoms with Crippen molar-refractivity contribution in [1.82, 2.24) is 0 Å². The van der Waals surface area contributed by atoms with E-state index in [0.717, 1.165) is 12.3 Å². The van der Waals surface area contributed by atoms with E-state index in [1.165, 1.54) is 25.7 Å². The molecule has 2 rings (SSSR count). The fourth-order valence-corrected chi connectivity index (χ4v) is 2.06. The topological polar surface area (TPSA) is 17.1 Å². The summed E-state index contributed by atoms with van der Waals surface area (Å²) in [5.41, 5.74) is 0. The third-order valence-corrected chi connectivity index (χ3v) is 2.83. The molecule has 0 saturated heterocycles. The molecule has 9 heavy (non-hydrogen) atoms. The normalized spacial score (nSPS) is 41.6. The van der Waals surface area contributed by atoms with E-state index in [-0.39, 0.29) is 0 Å². The number of carbonyl (C=O) groups excluding carboxylic acids is 1. The highest BCUT2D eigenvalue weighted by molar-refractivity contribution is 5.82. The van der Waals surface area contributed by atoms with Crippen LogP contribution in [0.3, 0.4) is 0 Å². The lowest BCUT2D eigenvalue weighted by Crippen LogP contribution is -2.36. The first-order valence-electron chi connectivity index (χ1n) is 3.90. The van der Waals surface area contributed by atoms with Crippen LogP contribution in [-0.4, -0.2) is 5.78 Å². The summed E-state index contributed by atoms with van der Waals surface area (Å²) in [4.78, 5) is 11.1. The highest BCUT2D eigenvalue weighted by Gasteiger charge is 2.38. The van der Waals surface area contributed by atoms with Gasteiger partial charge in [0.2, 0.25) is 0 Å². The van der Waals surface area contributed by atoms with E-state index in [4.69, 9.17) is 0 Å². The average Bonchev–Trinajstić information content (AvgIpc) is 1.74. The fraction of sp³-hybridized carbons (Fsp3) is 0.875. The lowest BCUT2D eigenvalue weighted by Gasteiger charge is -2.38. The fourth-order valence-electron chi connectivity index (χ4n) is 2.06. The molecule has 2 aliphatic rings. The summed E-state index contributed by atoms with van der Waals surface area (Å²) in [6.45, 7) is 0. The molecule has 0 spiro atoms. The summed E-state index contributed by atoms with van der Waals surface area (Å²) >= 11 is 0. The van der Waals surface area contributed by atoms with Crippen LogP contribution >= 0.6 is 0 Å². The number of carbonyl (C=O) groups is 1. The van der Waals surface area contributed by atoms with Crippen molar-refractivity contribution < 1.29 is 4.79 Å². The van der Waals surface area contributed by atoms with Gasteiger partial charge < -0.3 is 0 Å². The van der Waals surface area contributed by atoms with Crippen molar-refractivity contribution in [2.45, 2.75) is 32.1 Å². The van der Waals surface area contributed by atoms with E-state index in [0.29, 0.717) is 11.7 Å². The van der Waals surface area contributed by atoms with Crippen molar-refractivity contribution in [3.63, 3.8) is 0 Å². The third kappa shape index (κ3) is 0.707. The van der Waals surface area contributed by atoms with Crippen molar-refractivity contribution in [3.8, 4) is 0 Å². The van der Waals surface area contributed by atoms with Gasteiger partial charge in [0.25, 0.3) is 0 Å². The summed E-state index contributed by atoms with van der Waals surface area (Å²) in [6, 6.07) is 0. The van der Waals surface area contributed by atoms with Crippen LogP contribution in [0.5, 0.6) is 0 Å². The van der Waals surface area contributed by atoms with Crippen LogP contribution < -0.4 is 0 Å². The van der Waals surface area contributed by atoms with E-state index < -0.39 is 0 Å². The van der Waals surface area contributed by atoms with Gasteiger partial charge in [-0.05, 0) is 31.6 Å². The smallest absolute Gasteiger partial charge is 0.136 e. The molecule has 2 saturated carbocycles. The van der Waals surface area contributed by atoms with E-state index in [1.54, 1.807) is 0 Å². The standard InChI is InChI=1S/C8H12O/c9-8-3-1-2-6-4-5-7(6)8/h6-7H,1-5H2/t6-,7+/m0/s1. The molecule has 0 N–H and O–H groups in total. The van der Waals surface area contributed by atoms with Crippen LogP contribution in [0.25, 0.3) is 0 Å². The Labute approximate surface area is 55.4 Å². The van der Waals surface area contributed by atoms with Crippen LogP contribution in [0.15, 0.2) is 0 Å². The Morgan fingerprint density at radius 2 is 2.11 bits per heavy atom. The molecule has 0 aromatic rings. The van der Waals surface area contributed by atoms with Gasteiger partial charge >= 0.3 is 0 Å². The van der Waals surface area contributed by atoms with Gasteiger partial charge in [0, 0.05) is 12.3 Å². The zero-order chi connectivity index (χ0) is 6.27. The maximum absolute atomic E-state index is 11.1. The first-order valence-corrected chi connectivity index (χ1v) is 3.90. The Kier molecular flexibility index (Phi) is 1.11. The molecule has 1 nitrogen and oxygen atoms in total. The molecule has 1 heteroatoms. The van der Waals surface area contributed by atoms with E-state index >= 15 is 0 Å². The minimum atomic E-state index is 0.513. The SMILES string of the molecule is O=C1CCC[C@H]2CC[C@@H]12. The van der Waals surface area contributed by atoms with E-state index in [2.05, 4.69) is 0 Å².